The summed E-state index contributed by atoms with van der Waals surface area (Å²) in [5.74, 6) is -1.42. The van der Waals surface area contributed by atoms with E-state index in [2.05, 4.69) is 10.6 Å². The molecule has 1 aromatic rings. The summed E-state index contributed by atoms with van der Waals surface area (Å²) in [5, 5.41) is 23.1. The lowest BCUT2D eigenvalue weighted by Crippen LogP contribution is -2.47. The van der Waals surface area contributed by atoms with Crippen LogP contribution in [-0.2, 0) is 4.79 Å². The predicted molar refractivity (Wildman–Crippen MR) is 66.7 cm³/mol. The standard InChI is InChI=1S/C11H13ClN2O4/c1-11(18,9(15)16)6-13-10(17)14-8-5-3-2-4-7(8)12/h2-5,18H,6H2,1H3,(H,15,16)(H2,13,14,17). The summed E-state index contributed by atoms with van der Waals surface area (Å²) >= 11 is 5.82. The summed E-state index contributed by atoms with van der Waals surface area (Å²) in [4.78, 5) is 22.1. The van der Waals surface area contributed by atoms with Crippen LogP contribution in [0.15, 0.2) is 24.3 Å². The normalized spacial score (nSPS) is 13.5. The fraction of sp³-hybridized carbons (Fsp3) is 0.273. The van der Waals surface area contributed by atoms with Gasteiger partial charge in [0, 0.05) is 0 Å². The number of hydrogen-bond donors (Lipinski definition) is 4. The molecule has 0 aliphatic heterocycles. The number of carboxylic acids is 1. The molecule has 0 aromatic heterocycles. The van der Waals surface area contributed by atoms with Crippen molar-refractivity contribution in [2.24, 2.45) is 0 Å². The van der Waals surface area contributed by atoms with Crippen LogP contribution in [0.25, 0.3) is 0 Å². The number of anilines is 1. The fourth-order valence-corrected chi connectivity index (χ4v) is 1.24. The summed E-state index contributed by atoms with van der Waals surface area (Å²) in [5.41, 5.74) is -1.62. The van der Waals surface area contributed by atoms with Gasteiger partial charge < -0.3 is 20.8 Å². The molecule has 18 heavy (non-hydrogen) atoms. The third-order valence-corrected chi connectivity index (χ3v) is 2.51. The van der Waals surface area contributed by atoms with Gasteiger partial charge in [0.05, 0.1) is 17.3 Å². The van der Waals surface area contributed by atoms with Crippen LogP contribution in [0.1, 0.15) is 6.92 Å². The third kappa shape index (κ3) is 3.90. The summed E-state index contributed by atoms with van der Waals surface area (Å²) in [7, 11) is 0. The number of carbonyl (C=O) groups is 2. The number of halogens is 1. The van der Waals surface area contributed by atoms with Crippen molar-refractivity contribution in [1.82, 2.24) is 5.32 Å². The van der Waals surface area contributed by atoms with Crippen LogP contribution < -0.4 is 10.6 Å². The second kappa shape index (κ2) is 5.70. The van der Waals surface area contributed by atoms with Gasteiger partial charge in [-0.1, -0.05) is 23.7 Å². The first-order valence-electron chi connectivity index (χ1n) is 5.08. The van der Waals surface area contributed by atoms with Crippen molar-refractivity contribution in [2.45, 2.75) is 12.5 Å². The SMILES string of the molecule is CC(O)(CNC(=O)Nc1ccccc1Cl)C(=O)O. The minimum Gasteiger partial charge on any atom is -0.479 e. The summed E-state index contributed by atoms with van der Waals surface area (Å²) in [6, 6.07) is 5.95. The third-order valence-electron chi connectivity index (χ3n) is 2.18. The molecule has 1 aromatic carbocycles. The molecule has 6 nitrogen and oxygen atoms in total. The van der Waals surface area contributed by atoms with Crippen LogP contribution >= 0.6 is 11.6 Å². The van der Waals surface area contributed by atoms with Crippen molar-refractivity contribution in [2.75, 3.05) is 11.9 Å². The number of hydrogen-bond acceptors (Lipinski definition) is 3. The monoisotopic (exact) mass is 272 g/mol. The molecule has 0 saturated carbocycles. The minimum atomic E-state index is -2.02. The van der Waals surface area contributed by atoms with E-state index in [0.717, 1.165) is 6.92 Å². The average Bonchev–Trinajstić information content (AvgIpc) is 2.29. The number of nitrogens with one attached hydrogen (secondary N) is 2. The number of para-hydroxylation sites is 1. The van der Waals surface area contributed by atoms with Gasteiger partial charge in [-0.3, -0.25) is 0 Å². The number of aliphatic hydroxyl groups is 1. The first kappa shape index (κ1) is 14.3. The Kier molecular flexibility index (Phi) is 4.52. The molecule has 4 N–H and O–H groups in total. The number of benzene rings is 1. The van der Waals surface area contributed by atoms with E-state index >= 15 is 0 Å². The maximum absolute atomic E-state index is 11.4. The maximum atomic E-state index is 11.4. The number of carboxylic acid groups (broad SMARTS) is 1. The minimum absolute atomic E-state index is 0.359. The molecule has 0 heterocycles. The molecule has 7 heteroatoms. The van der Waals surface area contributed by atoms with Gasteiger partial charge >= 0.3 is 12.0 Å². The molecule has 0 bridgehead atoms. The predicted octanol–water partition coefficient (Wildman–Crippen LogP) is 1.30. The molecule has 1 atom stereocenters. The number of urea groups is 1. The highest BCUT2D eigenvalue weighted by molar-refractivity contribution is 6.33. The lowest BCUT2D eigenvalue weighted by molar-refractivity contribution is -0.155. The largest absolute Gasteiger partial charge is 0.479 e. The maximum Gasteiger partial charge on any atom is 0.337 e. The molecule has 0 aliphatic carbocycles. The van der Waals surface area contributed by atoms with Gasteiger partial charge in [0.2, 0.25) is 0 Å². The van der Waals surface area contributed by atoms with Crippen LogP contribution in [0.4, 0.5) is 10.5 Å². The smallest absolute Gasteiger partial charge is 0.337 e. The van der Waals surface area contributed by atoms with Crippen LogP contribution in [0.5, 0.6) is 0 Å². The number of aliphatic carboxylic acids is 1. The second-order valence-corrected chi connectivity index (χ2v) is 4.27. The van der Waals surface area contributed by atoms with Gasteiger partial charge in [0.25, 0.3) is 0 Å². The van der Waals surface area contributed by atoms with Crippen molar-refractivity contribution in [1.29, 1.82) is 0 Å². The Balaban J connectivity index is 2.54. The summed E-state index contributed by atoms with van der Waals surface area (Å²) < 4.78 is 0. The van der Waals surface area contributed by atoms with Crippen LogP contribution in [0.2, 0.25) is 5.02 Å². The molecular weight excluding hydrogens is 260 g/mol. The van der Waals surface area contributed by atoms with Crippen LogP contribution in [0.3, 0.4) is 0 Å². The van der Waals surface area contributed by atoms with Gasteiger partial charge in [-0.2, -0.15) is 0 Å². The highest BCUT2D eigenvalue weighted by Crippen LogP contribution is 2.20. The van der Waals surface area contributed by atoms with E-state index in [0.29, 0.717) is 10.7 Å². The molecule has 1 unspecified atom stereocenters. The molecular formula is C11H13ClN2O4. The van der Waals surface area contributed by atoms with Gasteiger partial charge in [-0.25, -0.2) is 9.59 Å². The van der Waals surface area contributed by atoms with Gasteiger partial charge in [-0.05, 0) is 19.1 Å². The number of rotatable bonds is 4. The Labute approximate surface area is 109 Å². The second-order valence-electron chi connectivity index (χ2n) is 3.87. The fourth-order valence-electron chi connectivity index (χ4n) is 1.06. The Hall–Kier alpha value is -1.79. The van der Waals surface area contributed by atoms with Crippen LogP contribution in [0, 0.1) is 0 Å². The molecule has 2 amide bonds. The van der Waals surface area contributed by atoms with E-state index in [-0.39, 0.29) is 0 Å². The molecule has 0 aliphatic rings. The zero-order valence-corrected chi connectivity index (χ0v) is 10.4. The van der Waals surface area contributed by atoms with E-state index in [1.807, 2.05) is 0 Å². The topological polar surface area (TPSA) is 98.7 Å². The Bertz CT molecular complexity index is 462. The van der Waals surface area contributed by atoms with Gasteiger partial charge in [-0.15, -0.1) is 0 Å². The zero-order chi connectivity index (χ0) is 13.8. The molecule has 98 valence electrons. The first-order valence-corrected chi connectivity index (χ1v) is 5.46. The zero-order valence-electron chi connectivity index (χ0n) is 9.61. The molecule has 0 fully saturated rings. The van der Waals surface area contributed by atoms with Crippen molar-refractivity contribution in [3.05, 3.63) is 29.3 Å². The molecule has 1 rings (SSSR count). The molecule has 0 spiro atoms. The lowest BCUT2D eigenvalue weighted by Gasteiger charge is -2.18. The van der Waals surface area contributed by atoms with E-state index in [1.54, 1.807) is 24.3 Å². The molecule has 0 radical (unpaired) electrons. The highest BCUT2D eigenvalue weighted by Gasteiger charge is 2.30. The van der Waals surface area contributed by atoms with Crippen molar-refractivity contribution in [3.63, 3.8) is 0 Å². The Morgan fingerprint density at radius 1 is 1.39 bits per heavy atom. The van der Waals surface area contributed by atoms with E-state index in [9.17, 15) is 14.7 Å². The van der Waals surface area contributed by atoms with Crippen LogP contribution in [-0.4, -0.2) is 34.4 Å². The highest BCUT2D eigenvalue weighted by atomic mass is 35.5. The lowest BCUT2D eigenvalue weighted by atomic mass is 10.1. The van der Waals surface area contributed by atoms with Crippen molar-refractivity contribution in [3.8, 4) is 0 Å². The Morgan fingerprint density at radius 2 is 2.00 bits per heavy atom. The van der Waals surface area contributed by atoms with E-state index in [4.69, 9.17) is 16.7 Å². The van der Waals surface area contributed by atoms with E-state index in [1.165, 1.54) is 0 Å². The first-order chi connectivity index (χ1) is 8.33. The Morgan fingerprint density at radius 3 is 2.56 bits per heavy atom. The number of carbonyl (C=O) groups excluding carboxylic acids is 1. The quantitative estimate of drug-likeness (QED) is 0.664. The van der Waals surface area contributed by atoms with Gasteiger partial charge in [0.1, 0.15) is 0 Å². The van der Waals surface area contributed by atoms with Crippen molar-refractivity contribution < 1.29 is 19.8 Å². The van der Waals surface area contributed by atoms with Gasteiger partial charge in [0.15, 0.2) is 5.60 Å². The van der Waals surface area contributed by atoms with E-state index < -0.39 is 24.1 Å². The molecule has 0 saturated heterocycles. The summed E-state index contributed by atoms with van der Waals surface area (Å²) in [6.07, 6.45) is 0. The van der Waals surface area contributed by atoms with Crippen molar-refractivity contribution >= 4 is 29.3 Å². The summed E-state index contributed by atoms with van der Waals surface area (Å²) in [6.45, 7) is 0.670. The average molecular weight is 273 g/mol. The number of amides is 2.